The number of ether oxygens (including phenoxy) is 4. The number of carbonyl (C=O) groups excluding carboxylic acids is 4. The molecule has 5 unspecified atom stereocenters. The van der Waals surface area contributed by atoms with Crippen LogP contribution in [0.5, 0.6) is 0 Å². The predicted molar refractivity (Wildman–Crippen MR) is 427 cm³/mol. The quantitative estimate of drug-likeness (QED) is 0.0169. The van der Waals surface area contributed by atoms with Crippen LogP contribution in [-0.4, -0.2) is 96.7 Å². The van der Waals surface area contributed by atoms with Crippen molar-refractivity contribution in [1.29, 1.82) is 0 Å². The summed E-state index contributed by atoms with van der Waals surface area (Å²) in [5, 5.41) is 10.6. The first-order chi connectivity index (χ1) is 50.7. The Labute approximate surface area is 629 Å². The number of allylic oxidation sites excluding steroid dienone is 26. The Morgan fingerprint density at radius 2 is 0.529 bits per heavy atom. The van der Waals surface area contributed by atoms with Crippen LogP contribution in [0.25, 0.3) is 0 Å². The summed E-state index contributed by atoms with van der Waals surface area (Å²) >= 11 is 0. The van der Waals surface area contributed by atoms with Crippen molar-refractivity contribution in [1.82, 2.24) is 0 Å². The number of carbonyl (C=O) groups is 4. The van der Waals surface area contributed by atoms with Crippen LogP contribution in [0, 0.1) is 0 Å². The Balaban J connectivity index is 5.43. The Morgan fingerprint density at radius 1 is 0.279 bits per heavy atom. The lowest BCUT2D eigenvalue weighted by molar-refractivity contribution is -0.161. The van der Waals surface area contributed by atoms with E-state index in [4.69, 9.17) is 37.0 Å². The van der Waals surface area contributed by atoms with E-state index < -0.39 is 97.5 Å². The van der Waals surface area contributed by atoms with Crippen molar-refractivity contribution in [3.05, 3.63) is 158 Å². The summed E-state index contributed by atoms with van der Waals surface area (Å²) in [5.41, 5.74) is 0. The average molecular weight is 1500 g/mol. The van der Waals surface area contributed by atoms with Gasteiger partial charge in [0.2, 0.25) is 0 Å². The molecule has 0 saturated carbocycles. The molecule has 0 spiro atoms. The predicted octanol–water partition coefficient (Wildman–Crippen LogP) is 23.2. The normalized spacial score (nSPS) is 14.7. The third kappa shape index (κ3) is 74.9. The van der Waals surface area contributed by atoms with Gasteiger partial charge in [-0.1, -0.05) is 269 Å². The summed E-state index contributed by atoms with van der Waals surface area (Å²) in [6.07, 6.45) is 88.0. The molecule has 0 fully saturated rings. The standard InChI is InChI=1S/C85H140O17P2/c1-5-9-13-17-21-25-29-33-36-38-39-41-44-47-50-54-58-62-66-70-83(88)95-75-80(101-84(89)71-67-63-59-55-51-45-32-28-24-20-16-12-8-4)77-99-103(91,92)97-73-79(86)74-98-104(93,94)100-78-81(102-85(90)72-68-64-60-56-52-48-42-35-31-27-23-19-15-11-7-3)76-96-82(87)69-65-61-57-53-49-46-43-40-37-34-30-26-22-18-14-10-6-2/h10-11,14-16,20-23,25-28,32-37,39,41-43,46,53,57,79-81,86H,5-9,12-13,17-19,24,29-31,38,40,44-45,47-52,54-56,58-78H2,1-4H3,(H,91,92)(H,93,94)/b14-10-,15-11-,20-16-,25-21-,26-22-,27-23-,32-28-,36-33-,37-34-,41-39-,42-35-,46-43-,57-53-. The molecule has 5 atom stereocenters. The van der Waals surface area contributed by atoms with Crippen LogP contribution in [0.1, 0.15) is 297 Å². The number of hydrogen-bond acceptors (Lipinski definition) is 15. The van der Waals surface area contributed by atoms with E-state index in [1.54, 1.807) is 0 Å². The fraction of sp³-hybridized carbons (Fsp3) is 0.647. The van der Waals surface area contributed by atoms with Gasteiger partial charge in [-0.05, 0) is 161 Å². The maximum atomic E-state index is 13.1. The molecule has 0 aromatic rings. The topological polar surface area (TPSA) is 237 Å². The van der Waals surface area contributed by atoms with Gasteiger partial charge in [0, 0.05) is 25.7 Å². The van der Waals surface area contributed by atoms with Gasteiger partial charge in [-0.3, -0.25) is 37.3 Å². The van der Waals surface area contributed by atoms with Crippen molar-refractivity contribution in [2.24, 2.45) is 0 Å². The van der Waals surface area contributed by atoms with Crippen molar-refractivity contribution in [2.75, 3.05) is 39.6 Å². The minimum Gasteiger partial charge on any atom is -0.462 e. The number of hydrogen-bond donors (Lipinski definition) is 3. The smallest absolute Gasteiger partial charge is 0.462 e. The summed E-state index contributed by atoms with van der Waals surface area (Å²) < 4.78 is 68.5. The maximum Gasteiger partial charge on any atom is 0.472 e. The van der Waals surface area contributed by atoms with Crippen LogP contribution in [0.3, 0.4) is 0 Å². The molecular weight excluding hydrogens is 1350 g/mol. The Hall–Kier alpha value is -5.32. The molecule has 0 aliphatic rings. The highest BCUT2D eigenvalue weighted by Crippen LogP contribution is 2.45. The molecule has 0 radical (unpaired) electrons. The van der Waals surface area contributed by atoms with E-state index in [2.05, 4.69) is 174 Å². The molecule has 3 N–H and O–H groups in total. The Bertz CT molecular complexity index is 2590. The summed E-state index contributed by atoms with van der Waals surface area (Å²) in [6, 6.07) is 0. The summed E-state index contributed by atoms with van der Waals surface area (Å²) in [4.78, 5) is 73.0. The van der Waals surface area contributed by atoms with E-state index in [0.717, 1.165) is 193 Å². The summed E-state index contributed by atoms with van der Waals surface area (Å²) in [7, 11) is -10.00. The molecular formula is C85H140O17P2. The Morgan fingerprint density at radius 3 is 0.846 bits per heavy atom. The van der Waals surface area contributed by atoms with Crippen LogP contribution in [0.2, 0.25) is 0 Å². The number of rotatable bonds is 73. The first-order valence-electron chi connectivity index (χ1n) is 39.7. The van der Waals surface area contributed by atoms with Crippen LogP contribution >= 0.6 is 15.6 Å². The minimum absolute atomic E-state index is 0.0576. The van der Waals surface area contributed by atoms with Gasteiger partial charge in [0.25, 0.3) is 0 Å². The molecule has 0 aliphatic carbocycles. The lowest BCUT2D eigenvalue weighted by Crippen LogP contribution is -2.30. The third-order valence-corrected chi connectivity index (χ3v) is 17.8. The van der Waals surface area contributed by atoms with E-state index in [1.165, 1.54) is 19.3 Å². The van der Waals surface area contributed by atoms with Gasteiger partial charge >= 0.3 is 39.5 Å². The molecule has 0 aromatic carbocycles. The van der Waals surface area contributed by atoms with Crippen molar-refractivity contribution >= 4 is 39.5 Å². The molecule has 0 rings (SSSR count). The number of unbranched alkanes of at least 4 members (excludes halogenated alkanes) is 21. The molecule has 17 nitrogen and oxygen atoms in total. The van der Waals surface area contributed by atoms with Crippen LogP contribution in [-0.2, 0) is 65.4 Å². The number of aliphatic hydroxyl groups excluding tert-OH is 1. The van der Waals surface area contributed by atoms with Crippen LogP contribution in [0.4, 0.5) is 0 Å². The molecule has 0 amide bonds. The number of phosphoric acid groups is 2. The second-order valence-electron chi connectivity index (χ2n) is 25.9. The molecule has 104 heavy (non-hydrogen) atoms. The highest BCUT2D eigenvalue weighted by atomic mass is 31.2. The minimum atomic E-state index is -5.00. The van der Waals surface area contributed by atoms with Gasteiger partial charge in [0.1, 0.15) is 19.3 Å². The number of phosphoric ester groups is 2. The molecule has 0 aliphatic heterocycles. The number of esters is 4. The van der Waals surface area contributed by atoms with Gasteiger partial charge in [0.05, 0.1) is 26.4 Å². The molecule has 0 heterocycles. The van der Waals surface area contributed by atoms with E-state index in [-0.39, 0.29) is 25.7 Å². The zero-order valence-electron chi connectivity index (χ0n) is 64.6. The van der Waals surface area contributed by atoms with Crippen molar-refractivity contribution in [3.8, 4) is 0 Å². The summed E-state index contributed by atoms with van der Waals surface area (Å²) in [6.45, 7) is 4.43. The van der Waals surface area contributed by atoms with Gasteiger partial charge in [0.15, 0.2) is 12.2 Å². The first kappa shape index (κ1) is 98.7. The zero-order chi connectivity index (χ0) is 76.0. The van der Waals surface area contributed by atoms with Crippen molar-refractivity contribution in [2.45, 2.75) is 316 Å². The maximum absolute atomic E-state index is 13.1. The average Bonchev–Trinajstić information content (AvgIpc) is 0.939. The van der Waals surface area contributed by atoms with Gasteiger partial charge in [-0.25, -0.2) is 9.13 Å². The van der Waals surface area contributed by atoms with Crippen molar-refractivity contribution in [3.63, 3.8) is 0 Å². The van der Waals surface area contributed by atoms with E-state index in [0.29, 0.717) is 32.1 Å². The van der Waals surface area contributed by atoms with E-state index in [1.807, 2.05) is 12.2 Å². The monoisotopic (exact) mass is 1490 g/mol. The van der Waals surface area contributed by atoms with Crippen LogP contribution < -0.4 is 0 Å². The molecule has 0 bridgehead atoms. The molecule has 0 saturated heterocycles. The highest BCUT2D eigenvalue weighted by Gasteiger charge is 2.30. The second kappa shape index (κ2) is 75.9. The van der Waals surface area contributed by atoms with Gasteiger partial charge in [-0.15, -0.1) is 0 Å². The van der Waals surface area contributed by atoms with Gasteiger partial charge in [-0.2, -0.15) is 0 Å². The molecule has 592 valence electrons. The van der Waals surface area contributed by atoms with Gasteiger partial charge < -0.3 is 33.8 Å². The zero-order valence-corrected chi connectivity index (χ0v) is 66.4. The third-order valence-electron chi connectivity index (χ3n) is 15.9. The van der Waals surface area contributed by atoms with E-state index >= 15 is 0 Å². The lowest BCUT2D eigenvalue weighted by atomic mass is 10.1. The van der Waals surface area contributed by atoms with Crippen LogP contribution in [0.15, 0.2) is 158 Å². The molecule has 0 aromatic heterocycles. The Kier molecular flexibility index (Phi) is 72.0. The lowest BCUT2D eigenvalue weighted by Gasteiger charge is -2.21. The van der Waals surface area contributed by atoms with E-state index in [9.17, 15) is 43.2 Å². The SMILES string of the molecule is CC/C=C\C/C=C\C/C=C\C/C=C\C/C=C\CCCC(=O)OCC(COP(=O)(O)OCC(O)COP(=O)(O)OCC(COC(=O)CCCCCCCC/C=C\C/C=C\C/C=C\CCCCC)OC(=O)CCCCCCC/C=C\C/C=C\CCC)OC(=O)CCCCCCC/C=C\C/C=C\C/C=C\CC. The highest BCUT2D eigenvalue weighted by molar-refractivity contribution is 7.47. The number of aliphatic hydroxyl groups is 1. The molecule has 19 heteroatoms. The fourth-order valence-electron chi connectivity index (χ4n) is 9.96. The first-order valence-corrected chi connectivity index (χ1v) is 42.7. The van der Waals surface area contributed by atoms with Crippen molar-refractivity contribution < 1.29 is 80.2 Å². The summed E-state index contributed by atoms with van der Waals surface area (Å²) in [5.74, 6) is -2.30. The second-order valence-corrected chi connectivity index (χ2v) is 28.8. The fourth-order valence-corrected chi connectivity index (χ4v) is 11.5. The largest absolute Gasteiger partial charge is 0.472 e.